The highest BCUT2D eigenvalue weighted by molar-refractivity contribution is 5.50. The van der Waals surface area contributed by atoms with E-state index in [2.05, 4.69) is 74.6 Å². The molecule has 2 unspecified atom stereocenters. The summed E-state index contributed by atoms with van der Waals surface area (Å²) in [6, 6.07) is 9.41. The molecule has 2 atom stereocenters. The van der Waals surface area contributed by atoms with Crippen LogP contribution in [0.2, 0.25) is 0 Å². The lowest BCUT2D eigenvalue weighted by Gasteiger charge is -2.26. The van der Waals surface area contributed by atoms with Crippen molar-refractivity contribution in [1.82, 2.24) is 0 Å². The normalized spacial score (nSPS) is 35.3. The van der Waals surface area contributed by atoms with Gasteiger partial charge in [-0.25, -0.2) is 0 Å². The minimum Gasteiger partial charge on any atom is -0.0848 e. The van der Waals surface area contributed by atoms with E-state index in [1.807, 2.05) is 0 Å². The molecule has 0 N–H and O–H groups in total. The summed E-state index contributed by atoms with van der Waals surface area (Å²) in [7, 11) is 0. The Balaban J connectivity index is 1.24. The topological polar surface area (TPSA) is 0 Å². The fourth-order valence-corrected chi connectivity index (χ4v) is 5.67. The third kappa shape index (κ3) is 6.22. The number of hydrogen-bond donors (Lipinski definition) is 0. The Labute approximate surface area is 185 Å². The molecule has 0 heteroatoms. The predicted molar refractivity (Wildman–Crippen MR) is 131 cm³/mol. The van der Waals surface area contributed by atoms with Crippen molar-refractivity contribution in [3.63, 3.8) is 0 Å². The van der Waals surface area contributed by atoms with Gasteiger partial charge in [0.25, 0.3) is 0 Å². The first kappa shape index (κ1) is 21.7. The van der Waals surface area contributed by atoms with Crippen LogP contribution in [0.4, 0.5) is 0 Å². The minimum atomic E-state index is 0.602. The van der Waals surface area contributed by atoms with Crippen LogP contribution in [0, 0.1) is 29.6 Å². The van der Waals surface area contributed by atoms with E-state index >= 15 is 0 Å². The van der Waals surface area contributed by atoms with Gasteiger partial charge in [-0.2, -0.15) is 0 Å². The van der Waals surface area contributed by atoms with Crippen LogP contribution in [0.1, 0.15) is 95.1 Å². The monoisotopic (exact) mass is 402 g/mol. The van der Waals surface area contributed by atoms with Crippen molar-refractivity contribution in [3.8, 4) is 0 Å². The van der Waals surface area contributed by atoms with E-state index in [-0.39, 0.29) is 0 Å². The zero-order valence-corrected chi connectivity index (χ0v) is 19.3. The van der Waals surface area contributed by atoms with Gasteiger partial charge < -0.3 is 0 Å². The van der Waals surface area contributed by atoms with Gasteiger partial charge in [0.2, 0.25) is 0 Å². The second-order valence-electron chi connectivity index (χ2n) is 10.7. The molecule has 0 aliphatic heterocycles. The van der Waals surface area contributed by atoms with Crippen LogP contribution in [0.25, 0.3) is 6.08 Å². The largest absolute Gasteiger partial charge is 0.0848 e. The maximum Gasteiger partial charge on any atom is -0.00496 e. The van der Waals surface area contributed by atoms with Crippen LogP contribution in [-0.4, -0.2) is 0 Å². The Hall–Kier alpha value is -1.56. The molecule has 2 fully saturated rings. The third-order valence-corrected chi connectivity index (χ3v) is 8.09. The lowest BCUT2D eigenvalue weighted by Crippen LogP contribution is -2.11. The Morgan fingerprint density at radius 1 is 0.600 bits per heavy atom. The second-order valence-corrected chi connectivity index (χ2v) is 10.7. The quantitative estimate of drug-likeness (QED) is 0.431. The van der Waals surface area contributed by atoms with Crippen LogP contribution in [0.3, 0.4) is 0 Å². The highest BCUT2D eigenvalue weighted by Gasteiger charge is 2.19. The first-order valence-corrected chi connectivity index (χ1v) is 12.8. The number of benzene rings is 1. The summed E-state index contributed by atoms with van der Waals surface area (Å²) in [5, 5.41) is 0. The van der Waals surface area contributed by atoms with Gasteiger partial charge in [0.05, 0.1) is 0 Å². The van der Waals surface area contributed by atoms with E-state index < -0.39 is 0 Å². The van der Waals surface area contributed by atoms with Gasteiger partial charge in [0, 0.05) is 0 Å². The van der Waals surface area contributed by atoms with Crippen molar-refractivity contribution in [2.75, 3.05) is 0 Å². The highest BCUT2D eigenvalue weighted by Crippen LogP contribution is 2.35. The summed E-state index contributed by atoms with van der Waals surface area (Å²) in [5.41, 5.74) is 2.91. The van der Waals surface area contributed by atoms with Crippen molar-refractivity contribution in [3.05, 3.63) is 65.8 Å². The van der Waals surface area contributed by atoms with E-state index in [1.165, 1.54) is 69.8 Å². The molecule has 3 aliphatic carbocycles. The Morgan fingerprint density at radius 2 is 1.17 bits per heavy atom. The summed E-state index contributed by atoms with van der Waals surface area (Å²) < 4.78 is 0. The molecular weight excluding hydrogens is 360 g/mol. The average molecular weight is 403 g/mol. The lowest BCUT2D eigenvalue weighted by atomic mass is 9.79. The molecular formula is C30H42. The summed E-state index contributed by atoms with van der Waals surface area (Å²) >= 11 is 0. The molecule has 30 heavy (non-hydrogen) atoms. The maximum absolute atomic E-state index is 2.53. The smallest absolute Gasteiger partial charge is 0.00496 e. The Bertz CT molecular complexity index is 718. The molecule has 0 radical (unpaired) electrons. The van der Waals surface area contributed by atoms with E-state index in [9.17, 15) is 0 Å². The van der Waals surface area contributed by atoms with Gasteiger partial charge in [-0.05, 0) is 85.2 Å². The summed E-state index contributed by atoms with van der Waals surface area (Å²) in [5.74, 6) is 4.77. The molecule has 0 heterocycles. The first-order chi connectivity index (χ1) is 14.7. The van der Waals surface area contributed by atoms with Gasteiger partial charge in [0.15, 0.2) is 0 Å². The molecule has 2 saturated carbocycles. The van der Waals surface area contributed by atoms with Gasteiger partial charge in [-0.1, -0.05) is 100 Å². The summed E-state index contributed by atoms with van der Waals surface area (Å²) in [6.45, 7) is 4.81. The van der Waals surface area contributed by atoms with Crippen LogP contribution < -0.4 is 0 Å². The third-order valence-electron chi connectivity index (χ3n) is 8.09. The van der Waals surface area contributed by atoms with Gasteiger partial charge >= 0.3 is 0 Å². The van der Waals surface area contributed by atoms with Crippen molar-refractivity contribution in [2.45, 2.75) is 84.0 Å². The molecule has 0 bridgehead atoms. The zero-order chi connectivity index (χ0) is 20.8. The molecule has 0 nitrogen and oxygen atoms in total. The molecule has 0 spiro atoms. The molecule has 3 aliphatic rings. The number of hydrogen-bond acceptors (Lipinski definition) is 0. The molecule has 1 aromatic rings. The zero-order valence-electron chi connectivity index (χ0n) is 19.3. The van der Waals surface area contributed by atoms with E-state index in [0.717, 1.165) is 23.7 Å². The molecule has 1 aromatic carbocycles. The van der Waals surface area contributed by atoms with Gasteiger partial charge in [-0.15, -0.1) is 0 Å². The number of allylic oxidation sites excluding steroid dienone is 5. The first-order valence-electron chi connectivity index (χ1n) is 12.8. The molecule has 4 rings (SSSR count). The fraction of sp³-hybridized carbons (Fsp3) is 0.600. The maximum atomic E-state index is 2.53. The highest BCUT2D eigenvalue weighted by atomic mass is 14.2. The average Bonchev–Trinajstić information content (AvgIpc) is 2.79. The van der Waals surface area contributed by atoms with E-state index in [0.29, 0.717) is 11.8 Å². The predicted octanol–water partition coefficient (Wildman–Crippen LogP) is 8.96. The minimum absolute atomic E-state index is 0.602. The second kappa shape index (κ2) is 10.7. The molecule has 0 aromatic heterocycles. The van der Waals surface area contributed by atoms with Crippen LogP contribution in [-0.2, 0) is 0 Å². The van der Waals surface area contributed by atoms with Gasteiger partial charge in [-0.3, -0.25) is 0 Å². The van der Waals surface area contributed by atoms with E-state index in [4.69, 9.17) is 0 Å². The van der Waals surface area contributed by atoms with Crippen LogP contribution in [0.15, 0.2) is 54.6 Å². The fourth-order valence-electron chi connectivity index (χ4n) is 5.67. The van der Waals surface area contributed by atoms with Crippen LogP contribution in [0.5, 0.6) is 0 Å². The molecule has 162 valence electrons. The lowest BCUT2D eigenvalue weighted by molar-refractivity contribution is 0.329. The van der Waals surface area contributed by atoms with Gasteiger partial charge in [0.1, 0.15) is 0 Å². The van der Waals surface area contributed by atoms with Crippen molar-refractivity contribution < 1.29 is 0 Å². The molecule has 0 saturated heterocycles. The standard InChI is InChI=1S/C30H42/c1-23-3-7-25(8-4-23)9-10-26-11-13-27(14-12-26)15-16-28-17-21-30(22-18-28)29-19-5-24(2)6-20-29/h9-11,13,15-18,21-27,29H,3-8,12,14,19-20H2,1-2H3/b10-9+,16-15+. The van der Waals surface area contributed by atoms with E-state index in [1.54, 1.807) is 5.56 Å². The Kier molecular flexibility index (Phi) is 7.69. The van der Waals surface area contributed by atoms with Crippen molar-refractivity contribution in [2.24, 2.45) is 29.6 Å². The SMILES string of the molecule is CC1CCC(/C=C/C2C=CC(/C=C/c3ccc(C4CCC(C)CC4)cc3)CC2)CC1. The summed E-state index contributed by atoms with van der Waals surface area (Å²) in [4.78, 5) is 0. The number of rotatable bonds is 5. The van der Waals surface area contributed by atoms with Crippen LogP contribution >= 0.6 is 0 Å². The molecule has 0 amide bonds. The van der Waals surface area contributed by atoms with Crippen molar-refractivity contribution >= 4 is 6.08 Å². The van der Waals surface area contributed by atoms with Crippen molar-refractivity contribution in [1.29, 1.82) is 0 Å². The Morgan fingerprint density at radius 3 is 1.77 bits per heavy atom. The summed E-state index contributed by atoms with van der Waals surface area (Å²) in [6.07, 6.45) is 28.4.